The normalized spacial score (nSPS) is 21.1. The highest BCUT2D eigenvalue weighted by Gasteiger charge is 2.30. The Morgan fingerprint density at radius 1 is 1.67 bits per heavy atom. The van der Waals surface area contributed by atoms with Gasteiger partial charge in [0.2, 0.25) is 5.91 Å². The molecular formula is C12H20N2O. The fourth-order valence-corrected chi connectivity index (χ4v) is 1.89. The van der Waals surface area contributed by atoms with Gasteiger partial charge in [0, 0.05) is 25.6 Å². The van der Waals surface area contributed by atoms with Crippen LogP contribution >= 0.6 is 0 Å². The van der Waals surface area contributed by atoms with E-state index in [4.69, 9.17) is 6.42 Å². The Morgan fingerprint density at radius 3 is 3.00 bits per heavy atom. The lowest BCUT2D eigenvalue weighted by molar-refractivity contribution is -0.129. The number of carbonyl (C=O) groups excluding carboxylic acids is 1. The zero-order valence-corrected chi connectivity index (χ0v) is 9.62. The summed E-state index contributed by atoms with van der Waals surface area (Å²) in [5, 5.41) is 3.28. The number of hydrogen-bond donors (Lipinski definition) is 1. The first-order valence-electron chi connectivity index (χ1n) is 5.63. The molecule has 0 spiro atoms. The monoisotopic (exact) mass is 208 g/mol. The molecule has 1 N–H and O–H groups in total. The molecule has 3 heteroatoms. The number of carbonyl (C=O) groups is 1. The quantitative estimate of drug-likeness (QED) is 0.540. The Hall–Kier alpha value is -1.01. The zero-order valence-electron chi connectivity index (χ0n) is 9.62. The summed E-state index contributed by atoms with van der Waals surface area (Å²) < 4.78 is 0. The number of rotatable bonds is 5. The van der Waals surface area contributed by atoms with Crippen molar-refractivity contribution < 1.29 is 4.79 Å². The van der Waals surface area contributed by atoms with Crippen LogP contribution < -0.4 is 5.32 Å². The Balaban J connectivity index is 2.33. The first-order valence-corrected chi connectivity index (χ1v) is 5.63. The Bertz CT molecular complexity index is 255. The highest BCUT2D eigenvalue weighted by Crippen LogP contribution is 2.12. The Labute approximate surface area is 92.2 Å². The van der Waals surface area contributed by atoms with Gasteiger partial charge in [-0.25, -0.2) is 0 Å². The van der Waals surface area contributed by atoms with Crippen LogP contribution in [0.2, 0.25) is 0 Å². The minimum Gasteiger partial charge on any atom is -0.341 e. The number of nitrogens with zero attached hydrogens (tertiary/aromatic N) is 1. The molecule has 0 radical (unpaired) electrons. The molecule has 1 amide bonds. The molecule has 1 aliphatic heterocycles. The average molecular weight is 208 g/mol. The molecule has 0 aromatic carbocycles. The van der Waals surface area contributed by atoms with E-state index >= 15 is 0 Å². The summed E-state index contributed by atoms with van der Waals surface area (Å²) in [7, 11) is 0. The molecule has 0 aliphatic carbocycles. The fourth-order valence-electron chi connectivity index (χ4n) is 1.89. The van der Waals surface area contributed by atoms with Gasteiger partial charge >= 0.3 is 0 Å². The summed E-state index contributed by atoms with van der Waals surface area (Å²) in [6.45, 7) is 5.80. The highest BCUT2D eigenvalue weighted by atomic mass is 16.2. The van der Waals surface area contributed by atoms with Crippen molar-refractivity contribution in [3.8, 4) is 12.3 Å². The molecule has 0 saturated carbocycles. The SMILES string of the molecule is C#CCCCN1CCC(NC(C)C)C1=O. The van der Waals surface area contributed by atoms with Crippen molar-refractivity contribution >= 4 is 5.91 Å². The first kappa shape index (κ1) is 12.1. The molecule has 0 aromatic rings. The maximum absolute atomic E-state index is 11.8. The molecule has 84 valence electrons. The van der Waals surface area contributed by atoms with E-state index in [9.17, 15) is 4.79 Å². The highest BCUT2D eigenvalue weighted by molar-refractivity contribution is 5.83. The van der Waals surface area contributed by atoms with Crippen LogP contribution in [0.4, 0.5) is 0 Å². The van der Waals surface area contributed by atoms with Gasteiger partial charge in [-0.1, -0.05) is 13.8 Å². The minimum absolute atomic E-state index is 0.0239. The summed E-state index contributed by atoms with van der Waals surface area (Å²) >= 11 is 0. The average Bonchev–Trinajstić information content (AvgIpc) is 2.49. The van der Waals surface area contributed by atoms with Crippen molar-refractivity contribution in [2.75, 3.05) is 13.1 Å². The molecule has 1 aliphatic rings. The van der Waals surface area contributed by atoms with E-state index < -0.39 is 0 Å². The van der Waals surface area contributed by atoms with Crippen molar-refractivity contribution in [2.45, 2.75) is 45.2 Å². The van der Waals surface area contributed by atoms with Gasteiger partial charge in [-0.15, -0.1) is 12.3 Å². The molecule has 1 unspecified atom stereocenters. The molecule has 0 bridgehead atoms. The van der Waals surface area contributed by atoms with Crippen LogP contribution in [-0.2, 0) is 4.79 Å². The number of terminal acetylenes is 1. The van der Waals surface area contributed by atoms with Gasteiger partial charge in [0.25, 0.3) is 0 Å². The van der Waals surface area contributed by atoms with E-state index in [1.807, 2.05) is 4.90 Å². The summed E-state index contributed by atoms with van der Waals surface area (Å²) in [6, 6.07) is 0.389. The minimum atomic E-state index is 0.0239. The van der Waals surface area contributed by atoms with Crippen LogP contribution in [0.25, 0.3) is 0 Å². The Morgan fingerprint density at radius 2 is 2.40 bits per heavy atom. The molecule has 1 atom stereocenters. The fraction of sp³-hybridized carbons (Fsp3) is 0.750. The summed E-state index contributed by atoms with van der Waals surface area (Å²) in [5.74, 6) is 2.83. The second-order valence-electron chi connectivity index (χ2n) is 4.30. The van der Waals surface area contributed by atoms with Gasteiger partial charge in [0.1, 0.15) is 0 Å². The van der Waals surface area contributed by atoms with Crippen LogP contribution in [0.3, 0.4) is 0 Å². The van der Waals surface area contributed by atoms with Crippen LogP contribution in [0.1, 0.15) is 33.1 Å². The van der Waals surface area contributed by atoms with E-state index in [1.54, 1.807) is 0 Å². The lowest BCUT2D eigenvalue weighted by Crippen LogP contribution is -2.41. The van der Waals surface area contributed by atoms with E-state index in [1.165, 1.54) is 0 Å². The van der Waals surface area contributed by atoms with Crippen LogP contribution in [-0.4, -0.2) is 36.0 Å². The lowest BCUT2D eigenvalue weighted by Gasteiger charge is -2.17. The van der Waals surface area contributed by atoms with Gasteiger partial charge in [-0.3, -0.25) is 4.79 Å². The third kappa shape index (κ3) is 3.56. The summed E-state index contributed by atoms with van der Waals surface area (Å²) in [4.78, 5) is 13.8. The maximum Gasteiger partial charge on any atom is 0.239 e. The lowest BCUT2D eigenvalue weighted by atomic mass is 10.2. The van der Waals surface area contributed by atoms with E-state index in [-0.39, 0.29) is 11.9 Å². The molecule has 1 rings (SSSR count). The van der Waals surface area contributed by atoms with Gasteiger partial charge in [-0.2, -0.15) is 0 Å². The van der Waals surface area contributed by atoms with Crippen molar-refractivity contribution in [2.24, 2.45) is 0 Å². The molecule has 1 fully saturated rings. The largest absolute Gasteiger partial charge is 0.341 e. The second-order valence-corrected chi connectivity index (χ2v) is 4.30. The number of likely N-dealkylation sites (tertiary alicyclic amines) is 1. The van der Waals surface area contributed by atoms with Gasteiger partial charge in [0.15, 0.2) is 0 Å². The molecule has 1 heterocycles. The van der Waals surface area contributed by atoms with Crippen molar-refractivity contribution in [1.29, 1.82) is 0 Å². The third-order valence-corrected chi connectivity index (χ3v) is 2.58. The summed E-state index contributed by atoms with van der Waals surface area (Å²) in [6.07, 6.45) is 7.77. The number of amides is 1. The van der Waals surface area contributed by atoms with Gasteiger partial charge in [0.05, 0.1) is 6.04 Å². The van der Waals surface area contributed by atoms with E-state index in [2.05, 4.69) is 25.1 Å². The van der Waals surface area contributed by atoms with E-state index in [0.29, 0.717) is 6.04 Å². The van der Waals surface area contributed by atoms with Crippen LogP contribution in [0, 0.1) is 12.3 Å². The van der Waals surface area contributed by atoms with Crippen molar-refractivity contribution in [1.82, 2.24) is 10.2 Å². The van der Waals surface area contributed by atoms with E-state index in [0.717, 1.165) is 32.4 Å². The smallest absolute Gasteiger partial charge is 0.239 e. The number of unbranched alkanes of at least 4 members (excludes halogenated alkanes) is 1. The Kier molecular flexibility index (Phi) is 4.64. The zero-order chi connectivity index (χ0) is 11.3. The molecular weight excluding hydrogens is 188 g/mol. The van der Waals surface area contributed by atoms with Gasteiger partial charge < -0.3 is 10.2 Å². The predicted octanol–water partition coefficient (Wildman–Crippen LogP) is 0.999. The number of nitrogens with one attached hydrogen (secondary N) is 1. The van der Waals surface area contributed by atoms with Crippen molar-refractivity contribution in [3.63, 3.8) is 0 Å². The molecule has 1 saturated heterocycles. The molecule has 3 nitrogen and oxygen atoms in total. The van der Waals surface area contributed by atoms with Crippen LogP contribution in [0.5, 0.6) is 0 Å². The van der Waals surface area contributed by atoms with Gasteiger partial charge in [-0.05, 0) is 12.8 Å². The maximum atomic E-state index is 11.8. The summed E-state index contributed by atoms with van der Waals surface area (Å²) in [5.41, 5.74) is 0. The second kappa shape index (κ2) is 5.77. The first-order chi connectivity index (χ1) is 7.15. The molecule has 0 aromatic heterocycles. The predicted molar refractivity (Wildman–Crippen MR) is 61.3 cm³/mol. The third-order valence-electron chi connectivity index (χ3n) is 2.58. The standard InChI is InChI=1S/C12H20N2O/c1-4-5-6-8-14-9-7-11(12(14)15)13-10(2)3/h1,10-11,13H,5-9H2,2-3H3. The molecule has 15 heavy (non-hydrogen) atoms. The van der Waals surface area contributed by atoms with Crippen LogP contribution in [0.15, 0.2) is 0 Å². The van der Waals surface area contributed by atoms with Crippen molar-refractivity contribution in [3.05, 3.63) is 0 Å². The topological polar surface area (TPSA) is 32.3 Å². The number of hydrogen-bond acceptors (Lipinski definition) is 2.